The Bertz CT molecular complexity index is 781. The molecule has 1 aliphatic heterocycles. The molecule has 0 saturated carbocycles. The van der Waals surface area contributed by atoms with Crippen molar-refractivity contribution in [3.05, 3.63) is 42.2 Å². The zero-order valence-corrected chi connectivity index (χ0v) is 16.2. The number of nitrogen functional groups attached to an aromatic ring is 1. The monoisotopic (exact) mass is 392 g/mol. The summed E-state index contributed by atoms with van der Waals surface area (Å²) in [5.74, 6) is -0.640. The second kappa shape index (κ2) is 7.89. The van der Waals surface area contributed by atoms with E-state index in [1.165, 1.54) is 12.0 Å². The second-order valence-corrected chi connectivity index (χ2v) is 8.00. The van der Waals surface area contributed by atoms with Crippen molar-refractivity contribution in [3.8, 4) is 0 Å². The Labute approximate surface area is 162 Å². The van der Waals surface area contributed by atoms with Gasteiger partial charge in [0, 0.05) is 41.4 Å². The van der Waals surface area contributed by atoms with Crippen LogP contribution in [0, 0.1) is 5.41 Å². The summed E-state index contributed by atoms with van der Waals surface area (Å²) in [6.07, 6.45) is 3.49. The number of carbonyl (C=O) groups is 1. The number of hydrogen-bond acceptors (Lipinski definition) is 7. The Balaban J connectivity index is 1.64. The van der Waals surface area contributed by atoms with E-state index in [1.54, 1.807) is 30.5 Å². The van der Waals surface area contributed by atoms with Crippen LogP contribution in [0.3, 0.4) is 0 Å². The average Bonchev–Trinajstić information content (AvgIpc) is 3.03. The number of amides is 1. The highest BCUT2D eigenvalue weighted by Gasteiger charge is 2.41. The molecule has 1 fully saturated rings. The van der Waals surface area contributed by atoms with Gasteiger partial charge in [-0.3, -0.25) is 4.79 Å². The topological polar surface area (TPSA) is 115 Å². The molecule has 0 atom stereocenters. The van der Waals surface area contributed by atoms with Gasteiger partial charge in [0.2, 0.25) is 5.91 Å². The summed E-state index contributed by atoms with van der Waals surface area (Å²) in [6, 6.07) is 6.93. The number of benzene rings is 1. The van der Waals surface area contributed by atoms with Crippen molar-refractivity contribution in [3.63, 3.8) is 0 Å². The molecule has 8 nitrogen and oxygen atoms in total. The molecule has 0 spiro atoms. The van der Waals surface area contributed by atoms with E-state index in [0.717, 1.165) is 4.90 Å². The lowest BCUT2D eigenvalue weighted by Crippen LogP contribution is -2.50. The van der Waals surface area contributed by atoms with Gasteiger partial charge in [-0.1, -0.05) is 0 Å². The van der Waals surface area contributed by atoms with Gasteiger partial charge in [-0.15, -0.1) is 0 Å². The molecule has 1 saturated heterocycles. The zero-order chi connectivity index (χ0) is 19.5. The van der Waals surface area contributed by atoms with Crippen LogP contribution in [0.2, 0.25) is 0 Å². The number of ether oxygens (including phenoxy) is 2. The second-order valence-electron chi connectivity index (χ2n) is 7.12. The van der Waals surface area contributed by atoms with E-state index in [2.05, 4.69) is 4.98 Å². The third-order valence-corrected chi connectivity index (χ3v) is 5.06. The van der Waals surface area contributed by atoms with Gasteiger partial charge in [0.1, 0.15) is 0 Å². The standard InChI is InChI=1S/C18H24N4O4S/c1-17(2)24-10-18(11-25-17,9-22-8-7-21-16(22)20)12-26-27-14-5-3-13(4-6-14)15(19)23/h3-8H,9-12H2,1-2H3,(H2,19,23)(H2,20,21). The van der Waals surface area contributed by atoms with Gasteiger partial charge in [0.05, 0.1) is 25.2 Å². The lowest BCUT2D eigenvalue weighted by Gasteiger charge is -2.43. The predicted octanol–water partition coefficient (Wildman–Crippen LogP) is 2.06. The Morgan fingerprint density at radius 2 is 1.96 bits per heavy atom. The lowest BCUT2D eigenvalue weighted by molar-refractivity contribution is -0.290. The molecular weight excluding hydrogens is 368 g/mol. The molecule has 1 aromatic heterocycles. The summed E-state index contributed by atoms with van der Waals surface area (Å²) in [7, 11) is 0. The minimum Gasteiger partial charge on any atom is -0.369 e. The van der Waals surface area contributed by atoms with E-state index in [9.17, 15) is 4.79 Å². The van der Waals surface area contributed by atoms with Gasteiger partial charge in [0.25, 0.3) is 0 Å². The lowest BCUT2D eigenvalue weighted by atomic mass is 9.89. The quantitative estimate of drug-likeness (QED) is 0.693. The van der Waals surface area contributed by atoms with Crippen LogP contribution in [0.4, 0.5) is 5.95 Å². The first kappa shape index (κ1) is 19.7. The first-order valence-electron chi connectivity index (χ1n) is 8.53. The minimum atomic E-state index is -0.623. The van der Waals surface area contributed by atoms with Crippen molar-refractivity contribution in [2.75, 3.05) is 25.6 Å². The molecule has 27 heavy (non-hydrogen) atoms. The SMILES string of the molecule is CC1(C)OCC(COSc2ccc(C(N)=O)cc2)(Cn2ccnc2N)CO1. The van der Waals surface area contributed by atoms with Crippen LogP contribution in [-0.4, -0.2) is 41.1 Å². The molecule has 2 aromatic rings. The molecule has 146 valence electrons. The minimum absolute atomic E-state index is 0.392. The summed E-state index contributed by atoms with van der Waals surface area (Å²) in [5.41, 5.74) is 11.2. The number of nitrogens with two attached hydrogens (primary N) is 2. The number of anilines is 1. The van der Waals surface area contributed by atoms with Crippen molar-refractivity contribution in [1.29, 1.82) is 0 Å². The predicted molar refractivity (Wildman–Crippen MR) is 102 cm³/mol. The first-order chi connectivity index (χ1) is 12.8. The fraction of sp³-hybridized carbons (Fsp3) is 0.444. The number of hydrogen-bond donors (Lipinski definition) is 2. The van der Waals surface area contributed by atoms with Crippen LogP contribution < -0.4 is 11.5 Å². The maximum absolute atomic E-state index is 11.1. The number of carbonyl (C=O) groups excluding carboxylic acids is 1. The van der Waals surface area contributed by atoms with Crippen LogP contribution in [-0.2, 0) is 20.2 Å². The summed E-state index contributed by atoms with van der Waals surface area (Å²) in [6.45, 7) is 5.67. The molecule has 0 radical (unpaired) electrons. The number of imidazole rings is 1. The van der Waals surface area contributed by atoms with E-state index in [4.69, 9.17) is 25.1 Å². The summed E-state index contributed by atoms with van der Waals surface area (Å²) in [4.78, 5) is 16.1. The number of rotatable bonds is 7. The maximum Gasteiger partial charge on any atom is 0.248 e. The van der Waals surface area contributed by atoms with Crippen molar-refractivity contribution in [2.24, 2.45) is 11.1 Å². The third kappa shape index (κ3) is 5.01. The molecule has 0 aliphatic carbocycles. The Morgan fingerprint density at radius 1 is 1.30 bits per heavy atom. The Morgan fingerprint density at radius 3 is 2.52 bits per heavy atom. The van der Waals surface area contributed by atoms with Gasteiger partial charge in [-0.05, 0) is 38.1 Å². The molecule has 2 heterocycles. The van der Waals surface area contributed by atoms with E-state index >= 15 is 0 Å². The molecular formula is C18H24N4O4S. The molecule has 9 heteroatoms. The fourth-order valence-corrected chi connectivity index (χ4v) is 3.38. The number of aromatic nitrogens is 2. The van der Waals surface area contributed by atoms with E-state index in [-0.39, 0.29) is 0 Å². The Hall–Kier alpha value is -2.07. The molecule has 1 aromatic carbocycles. The fourth-order valence-electron chi connectivity index (χ4n) is 2.69. The van der Waals surface area contributed by atoms with Crippen LogP contribution in [0.25, 0.3) is 0 Å². The normalized spacial score (nSPS) is 18.3. The number of nitrogens with zero attached hydrogens (tertiary/aromatic N) is 2. The third-order valence-electron chi connectivity index (χ3n) is 4.36. The molecule has 1 aliphatic rings. The molecule has 4 N–H and O–H groups in total. The smallest absolute Gasteiger partial charge is 0.248 e. The van der Waals surface area contributed by atoms with E-state index < -0.39 is 17.1 Å². The van der Waals surface area contributed by atoms with Crippen LogP contribution >= 0.6 is 12.0 Å². The first-order valence-corrected chi connectivity index (χ1v) is 9.27. The number of primary amides is 1. The van der Waals surface area contributed by atoms with Crippen molar-refractivity contribution >= 4 is 23.9 Å². The highest BCUT2D eigenvalue weighted by molar-refractivity contribution is 7.94. The molecule has 1 amide bonds. The maximum atomic E-state index is 11.1. The largest absolute Gasteiger partial charge is 0.369 e. The van der Waals surface area contributed by atoms with E-state index in [1.807, 2.05) is 24.6 Å². The van der Waals surface area contributed by atoms with Crippen LogP contribution in [0.5, 0.6) is 0 Å². The van der Waals surface area contributed by atoms with Crippen molar-refractivity contribution in [2.45, 2.75) is 31.1 Å². The molecule has 0 bridgehead atoms. The van der Waals surface area contributed by atoms with Gasteiger partial charge in [-0.2, -0.15) is 0 Å². The van der Waals surface area contributed by atoms with Gasteiger partial charge in [0.15, 0.2) is 11.7 Å². The molecule has 0 unspecified atom stereocenters. The van der Waals surface area contributed by atoms with Gasteiger partial charge >= 0.3 is 0 Å². The van der Waals surface area contributed by atoms with E-state index in [0.29, 0.717) is 37.9 Å². The average molecular weight is 392 g/mol. The van der Waals surface area contributed by atoms with Gasteiger partial charge < -0.3 is 29.7 Å². The zero-order valence-electron chi connectivity index (χ0n) is 15.4. The summed E-state index contributed by atoms with van der Waals surface area (Å²) < 4.78 is 19.5. The van der Waals surface area contributed by atoms with Gasteiger partial charge in [-0.25, -0.2) is 4.98 Å². The van der Waals surface area contributed by atoms with Crippen LogP contribution in [0.1, 0.15) is 24.2 Å². The highest BCUT2D eigenvalue weighted by atomic mass is 32.2. The summed E-state index contributed by atoms with van der Waals surface area (Å²) in [5, 5.41) is 0. The van der Waals surface area contributed by atoms with Crippen molar-refractivity contribution in [1.82, 2.24) is 9.55 Å². The summed E-state index contributed by atoms with van der Waals surface area (Å²) >= 11 is 1.23. The van der Waals surface area contributed by atoms with Crippen molar-refractivity contribution < 1.29 is 18.5 Å². The highest BCUT2D eigenvalue weighted by Crippen LogP contribution is 2.34. The van der Waals surface area contributed by atoms with Crippen LogP contribution in [0.15, 0.2) is 41.6 Å². The Kier molecular flexibility index (Phi) is 5.75. The molecule has 3 rings (SSSR count).